The van der Waals surface area contributed by atoms with Gasteiger partial charge >= 0.3 is 0 Å². The van der Waals surface area contributed by atoms with Crippen LogP contribution >= 0.6 is 24.0 Å². The summed E-state index contributed by atoms with van der Waals surface area (Å²) in [4.78, 5) is 0.668. The fourth-order valence-corrected chi connectivity index (χ4v) is 2.30. The molecular formula is C8H6FNS2. The highest BCUT2D eigenvalue weighted by Crippen LogP contribution is 2.33. The molecule has 0 atom stereocenters. The summed E-state index contributed by atoms with van der Waals surface area (Å²) in [6, 6.07) is 3.03. The van der Waals surface area contributed by atoms with E-state index < -0.39 is 0 Å². The molecule has 12 heavy (non-hydrogen) atoms. The molecule has 1 nitrogen and oxygen atoms in total. The number of thiophene rings is 1. The number of hydrogen-bond donors (Lipinski definition) is 2. The van der Waals surface area contributed by atoms with Crippen LogP contribution in [0.3, 0.4) is 0 Å². The molecule has 0 unspecified atom stereocenters. The van der Waals surface area contributed by atoms with Crippen LogP contribution in [0.2, 0.25) is 0 Å². The summed E-state index contributed by atoms with van der Waals surface area (Å²) >= 11 is 5.64. The molecule has 4 heteroatoms. The SMILES string of the molecule is Nc1cc(F)c2ccsc2c1S. The predicted molar refractivity (Wildman–Crippen MR) is 53.4 cm³/mol. The van der Waals surface area contributed by atoms with Gasteiger partial charge in [0.15, 0.2) is 0 Å². The van der Waals surface area contributed by atoms with Crippen molar-refractivity contribution in [3.05, 3.63) is 23.3 Å². The van der Waals surface area contributed by atoms with Crippen molar-refractivity contribution in [3.63, 3.8) is 0 Å². The van der Waals surface area contributed by atoms with Crippen LogP contribution in [0.15, 0.2) is 22.4 Å². The lowest BCUT2D eigenvalue weighted by Gasteiger charge is -2.00. The summed E-state index contributed by atoms with van der Waals surface area (Å²) in [6.07, 6.45) is 0. The first kappa shape index (κ1) is 7.89. The summed E-state index contributed by atoms with van der Waals surface area (Å²) in [5.74, 6) is -0.276. The Morgan fingerprint density at radius 1 is 1.50 bits per heavy atom. The Morgan fingerprint density at radius 3 is 3.00 bits per heavy atom. The smallest absolute Gasteiger partial charge is 0.134 e. The fourth-order valence-electron chi connectivity index (χ4n) is 1.09. The topological polar surface area (TPSA) is 26.0 Å². The van der Waals surface area contributed by atoms with E-state index in [4.69, 9.17) is 5.73 Å². The molecule has 0 amide bonds. The Bertz CT molecular complexity index is 436. The third-order valence-corrected chi connectivity index (χ3v) is 3.26. The molecule has 2 rings (SSSR count). The van der Waals surface area contributed by atoms with Crippen LogP contribution < -0.4 is 5.73 Å². The Kier molecular flexibility index (Phi) is 1.73. The van der Waals surface area contributed by atoms with E-state index in [0.29, 0.717) is 16.0 Å². The number of nitrogens with two attached hydrogens (primary N) is 1. The van der Waals surface area contributed by atoms with E-state index in [-0.39, 0.29) is 5.82 Å². The summed E-state index contributed by atoms with van der Waals surface area (Å²) in [5.41, 5.74) is 5.93. The van der Waals surface area contributed by atoms with E-state index >= 15 is 0 Å². The number of nitrogen functional groups attached to an aromatic ring is 1. The molecule has 0 aliphatic heterocycles. The zero-order valence-corrected chi connectivity index (χ0v) is 7.75. The monoisotopic (exact) mass is 199 g/mol. The van der Waals surface area contributed by atoms with E-state index in [1.807, 2.05) is 5.38 Å². The lowest BCUT2D eigenvalue weighted by Crippen LogP contribution is -1.88. The standard InChI is InChI=1S/C8H6FNS2/c9-5-3-6(10)7(11)8-4(5)1-2-12-8/h1-3,11H,10H2. The molecular weight excluding hydrogens is 193 g/mol. The number of fused-ring (bicyclic) bond motifs is 1. The van der Waals surface area contributed by atoms with E-state index in [9.17, 15) is 4.39 Å². The fraction of sp³-hybridized carbons (Fsp3) is 0. The van der Waals surface area contributed by atoms with Crippen molar-refractivity contribution in [1.29, 1.82) is 0 Å². The van der Waals surface area contributed by atoms with Crippen molar-refractivity contribution in [2.24, 2.45) is 0 Å². The molecule has 0 saturated carbocycles. The first-order valence-electron chi connectivity index (χ1n) is 3.34. The second-order valence-corrected chi connectivity index (χ2v) is 3.82. The Morgan fingerprint density at radius 2 is 2.25 bits per heavy atom. The lowest BCUT2D eigenvalue weighted by atomic mass is 10.2. The van der Waals surface area contributed by atoms with Crippen LogP contribution in [0, 0.1) is 5.82 Å². The summed E-state index contributed by atoms with van der Waals surface area (Å²) in [6.45, 7) is 0. The van der Waals surface area contributed by atoms with Crippen LogP contribution in [-0.4, -0.2) is 0 Å². The minimum absolute atomic E-state index is 0.276. The zero-order valence-electron chi connectivity index (χ0n) is 6.04. The van der Waals surface area contributed by atoms with Crippen LogP contribution in [0.4, 0.5) is 10.1 Å². The third-order valence-electron chi connectivity index (χ3n) is 1.69. The van der Waals surface area contributed by atoms with Gasteiger partial charge in [0.2, 0.25) is 0 Å². The van der Waals surface area contributed by atoms with Gasteiger partial charge < -0.3 is 5.73 Å². The van der Waals surface area contributed by atoms with Crippen LogP contribution in [0.1, 0.15) is 0 Å². The number of rotatable bonds is 0. The van der Waals surface area contributed by atoms with Crippen molar-refractivity contribution < 1.29 is 4.39 Å². The molecule has 2 aromatic rings. The van der Waals surface area contributed by atoms with Crippen LogP contribution in [-0.2, 0) is 0 Å². The quantitative estimate of drug-likeness (QED) is 0.495. The first-order valence-corrected chi connectivity index (χ1v) is 4.67. The van der Waals surface area contributed by atoms with E-state index in [1.165, 1.54) is 17.4 Å². The van der Waals surface area contributed by atoms with Crippen LogP contribution in [0.25, 0.3) is 10.1 Å². The molecule has 62 valence electrons. The second-order valence-electron chi connectivity index (χ2n) is 2.46. The summed E-state index contributed by atoms with van der Waals surface area (Å²) in [5, 5.41) is 2.42. The van der Waals surface area contributed by atoms with Gasteiger partial charge in [-0.25, -0.2) is 4.39 Å². The lowest BCUT2D eigenvalue weighted by molar-refractivity contribution is 0.640. The number of hydrogen-bond acceptors (Lipinski definition) is 3. The number of benzene rings is 1. The maximum absolute atomic E-state index is 13.2. The molecule has 2 N–H and O–H groups in total. The van der Waals surface area contributed by atoms with E-state index in [2.05, 4.69) is 12.6 Å². The molecule has 0 bridgehead atoms. The molecule has 1 heterocycles. The number of anilines is 1. The van der Waals surface area contributed by atoms with Gasteiger partial charge in [-0.1, -0.05) is 0 Å². The van der Waals surface area contributed by atoms with Crippen molar-refractivity contribution in [3.8, 4) is 0 Å². The van der Waals surface area contributed by atoms with Gasteiger partial charge in [0.05, 0.1) is 4.70 Å². The van der Waals surface area contributed by atoms with Crippen molar-refractivity contribution in [2.45, 2.75) is 4.90 Å². The molecule has 1 aromatic heterocycles. The van der Waals surface area contributed by atoms with Crippen molar-refractivity contribution >= 4 is 39.7 Å². The Labute approximate surface area is 78.4 Å². The average molecular weight is 199 g/mol. The zero-order chi connectivity index (χ0) is 8.72. The van der Waals surface area contributed by atoms with Gasteiger partial charge in [0.25, 0.3) is 0 Å². The Balaban J connectivity index is 2.97. The minimum atomic E-state index is -0.276. The second kappa shape index (κ2) is 2.64. The molecule has 0 aliphatic rings. The van der Waals surface area contributed by atoms with Gasteiger partial charge in [0.1, 0.15) is 5.82 Å². The highest BCUT2D eigenvalue weighted by atomic mass is 32.1. The largest absolute Gasteiger partial charge is 0.398 e. The van der Waals surface area contributed by atoms with Gasteiger partial charge in [-0.3, -0.25) is 0 Å². The van der Waals surface area contributed by atoms with Gasteiger partial charge in [0, 0.05) is 16.0 Å². The number of halogens is 1. The molecule has 0 radical (unpaired) electrons. The van der Waals surface area contributed by atoms with E-state index in [1.54, 1.807) is 6.07 Å². The average Bonchev–Trinajstić information content (AvgIpc) is 2.48. The van der Waals surface area contributed by atoms with Gasteiger partial charge in [-0.05, 0) is 17.5 Å². The van der Waals surface area contributed by atoms with Gasteiger partial charge in [-0.2, -0.15) is 0 Å². The molecule has 0 aliphatic carbocycles. The molecule has 0 spiro atoms. The highest BCUT2D eigenvalue weighted by molar-refractivity contribution is 7.81. The van der Waals surface area contributed by atoms with Crippen LogP contribution in [0.5, 0.6) is 0 Å². The molecule has 0 saturated heterocycles. The molecule has 0 fully saturated rings. The predicted octanol–water partition coefficient (Wildman–Crippen LogP) is 2.91. The highest BCUT2D eigenvalue weighted by Gasteiger charge is 2.07. The maximum Gasteiger partial charge on any atom is 0.134 e. The third kappa shape index (κ3) is 0.990. The first-order chi connectivity index (χ1) is 5.70. The molecule has 1 aromatic carbocycles. The number of thiol groups is 1. The Hall–Kier alpha value is -0.740. The van der Waals surface area contributed by atoms with Crippen molar-refractivity contribution in [2.75, 3.05) is 5.73 Å². The summed E-state index contributed by atoms with van der Waals surface area (Å²) < 4.78 is 14.0. The van der Waals surface area contributed by atoms with Gasteiger partial charge in [-0.15, -0.1) is 24.0 Å². The minimum Gasteiger partial charge on any atom is -0.398 e. The van der Waals surface area contributed by atoms with Crippen molar-refractivity contribution in [1.82, 2.24) is 0 Å². The summed E-state index contributed by atoms with van der Waals surface area (Å²) in [7, 11) is 0. The normalized spacial score (nSPS) is 10.8. The van der Waals surface area contributed by atoms with E-state index in [0.717, 1.165) is 4.70 Å². The maximum atomic E-state index is 13.2.